The number of hydrogen-bond donors (Lipinski definition) is 2. The van der Waals surface area contributed by atoms with Gasteiger partial charge in [-0.3, -0.25) is 9.59 Å². The molecule has 2 bridgehead atoms. The minimum atomic E-state index is -4.84. The fourth-order valence-corrected chi connectivity index (χ4v) is 5.21. The second kappa shape index (κ2) is 5.78. The zero-order chi connectivity index (χ0) is 21.5. The van der Waals surface area contributed by atoms with Crippen molar-refractivity contribution in [1.29, 1.82) is 0 Å². The van der Waals surface area contributed by atoms with E-state index in [1.165, 1.54) is 13.8 Å². The number of nitrogens with zero attached hydrogens (tertiary/aromatic N) is 2. The summed E-state index contributed by atoms with van der Waals surface area (Å²) in [5, 5.41) is 20.3. The van der Waals surface area contributed by atoms with Gasteiger partial charge in [0.25, 0.3) is 0 Å². The van der Waals surface area contributed by atoms with Crippen molar-refractivity contribution in [2.45, 2.75) is 37.3 Å². The number of rotatable bonds is 2. The summed E-state index contributed by atoms with van der Waals surface area (Å²) in [7, 11) is 0. The van der Waals surface area contributed by atoms with Gasteiger partial charge in [-0.15, -0.1) is 0 Å². The molecule has 0 saturated carbocycles. The molecule has 3 heterocycles. The van der Waals surface area contributed by atoms with Crippen molar-refractivity contribution in [2.75, 3.05) is 11.5 Å². The van der Waals surface area contributed by atoms with Gasteiger partial charge >= 0.3 is 6.18 Å². The van der Waals surface area contributed by atoms with E-state index in [1.54, 1.807) is 0 Å². The summed E-state index contributed by atoms with van der Waals surface area (Å²) < 4.78 is 45.8. The second-order valence-corrected chi connectivity index (χ2v) is 7.98. The molecule has 3 aliphatic heterocycles. The Hall–Kier alpha value is -2.48. The third-order valence-electron chi connectivity index (χ3n) is 6.55. The molecule has 0 aromatic heterocycles. The summed E-state index contributed by atoms with van der Waals surface area (Å²) in [6.45, 7) is 9.42. The topological polar surface area (TPSA) is 91.4 Å². The molecule has 2 unspecified atom stereocenters. The molecular formula is C19H17F3N2O5. The maximum atomic E-state index is 13.3. The van der Waals surface area contributed by atoms with Gasteiger partial charge in [-0.2, -0.15) is 13.2 Å². The number of fused-ring (bicyclic) bond motifs is 5. The first kappa shape index (κ1) is 19.8. The Bertz CT molecular complexity index is 974. The fourth-order valence-electron chi connectivity index (χ4n) is 5.21. The average molecular weight is 410 g/mol. The SMILES string of the molecule is [C-]#[N+]c1ccc(N2C(=O)[C@@H]3[C@H](C2=O)C2(C)OC3(C)[C@H](CO)[C@H]2O)cc1C(F)(F)F. The lowest BCUT2D eigenvalue weighted by molar-refractivity contribution is -0.137. The molecule has 7 nitrogen and oxygen atoms in total. The smallest absolute Gasteiger partial charge is 0.396 e. The van der Waals surface area contributed by atoms with Crippen LogP contribution in [0.25, 0.3) is 4.85 Å². The fraction of sp³-hybridized carbons (Fsp3) is 0.526. The first-order valence-corrected chi connectivity index (χ1v) is 8.87. The number of amides is 2. The third kappa shape index (κ3) is 2.29. The first-order valence-electron chi connectivity index (χ1n) is 8.87. The number of hydrogen-bond acceptors (Lipinski definition) is 5. The highest BCUT2D eigenvalue weighted by molar-refractivity contribution is 6.23. The molecule has 3 saturated heterocycles. The maximum absolute atomic E-state index is 13.3. The van der Waals surface area contributed by atoms with Crippen LogP contribution in [0, 0.1) is 24.3 Å². The molecule has 0 aliphatic carbocycles. The number of ether oxygens (including phenoxy) is 1. The van der Waals surface area contributed by atoms with Gasteiger partial charge in [-0.25, -0.2) is 9.74 Å². The zero-order valence-electron chi connectivity index (χ0n) is 15.4. The summed E-state index contributed by atoms with van der Waals surface area (Å²) in [4.78, 5) is 29.8. The highest BCUT2D eigenvalue weighted by atomic mass is 19.4. The van der Waals surface area contributed by atoms with Crippen LogP contribution < -0.4 is 4.90 Å². The van der Waals surface area contributed by atoms with E-state index in [1.807, 2.05) is 0 Å². The highest BCUT2D eigenvalue weighted by Gasteiger charge is 2.79. The van der Waals surface area contributed by atoms with Crippen LogP contribution in [-0.2, 0) is 20.5 Å². The van der Waals surface area contributed by atoms with Crippen LogP contribution in [0.1, 0.15) is 19.4 Å². The van der Waals surface area contributed by atoms with Crippen LogP contribution in [0.15, 0.2) is 18.2 Å². The molecule has 4 rings (SSSR count). The van der Waals surface area contributed by atoms with E-state index in [0.29, 0.717) is 11.0 Å². The monoisotopic (exact) mass is 410 g/mol. The van der Waals surface area contributed by atoms with E-state index in [-0.39, 0.29) is 5.69 Å². The number of aliphatic hydroxyl groups is 2. The molecule has 2 N–H and O–H groups in total. The predicted octanol–water partition coefficient (Wildman–Crippen LogP) is 1.89. The van der Waals surface area contributed by atoms with E-state index in [0.717, 1.165) is 12.1 Å². The molecule has 6 atom stereocenters. The third-order valence-corrected chi connectivity index (χ3v) is 6.55. The van der Waals surface area contributed by atoms with Crippen LogP contribution in [-0.4, -0.2) is 45.9 Å². The molecule has 10 heteroatoms. The van der Waals surface area contributed by atoms with Crippen molar-refractivity contribution < 1.29 is 37.7 Å². The highest BCUT2D eigenvalue weighted by Crippen LogP contribution is 2.63. The van der Waals surface area contributed by atoms with Crippen molar-refractivity contribution in [3.63, 3.8) is 0 Å². The van der Waals surface area contributed by atoms with Crippen molar-refractivity contribution in [3.05, 3.63) is 35.2 Å². The lowest BCUT2D eigenvalue weighted by Crippen LogP contribution is -2.55. The molecule has 3 fully saturated rings. The number of anilines is 1. The van der Waals surface area contributed by atoms with Crippen LogP contribution in [0.3, 0.4) is 0 Å². The number of carbonyl (C=O) groups is 2. The molecule has 0 radical (unpaired) electrons. The normalized spacial score (nSPS) is 38.5. The van der Waals surface area contributed by atoms with E-state index in [9.17, 15) is 33.0 Å². The van der Waals surface area contributed by atoms with E-state index in [4.69, 9.17) is 11.3 Å². The number of benzene rings is 1. The maximum Gasteiger partial charge on any atom is 0.407 e. The molecule has 1 aromatic rings. The van der Waals surface area contributed by atoms with E-state index >= 15 is 0 Å². The Morgan fingerprint density at radius 3 is 2.31 bits per heavy atom. The number of carbonyl (C=O) groups excluding carboxylic acids is 2. The molecule has 3 aliphatic rings. The van der Waals surface area contributed by atoms with Gasteiger partial charge in [0.1, 0.15) is 5.60 Å². The Morgan fingerprint density at radius 2 is 1.79 bits per heavy atom. The molecule has 29 heavy (non-hydrogen) atoms. The van der Waals surface area contributed by atoms with Crippen LogP contribution >= 0.6 is 0 Å². The van der Waals surface area contributed by atoms with Crippen molar-refractivity contribution >= 4 is 23.2 Å². The average Bonchev–Trinajstić information content (AvgIpc) is 3.13. The Labute approximate surface area is 163 Å². The summed E-state index contributed by atoms with van der Waals surface area (Å²) in [6.07, 6.45) is -6.05. The zero-order valence-corrected chi connectivity index (χ0v) is 15.4. The number of halogens is 3. The summed E-state index contributed by atoms with van der Waals surface area (Å²) in [5.41, 5.74) is -4.96. The minimum absolute atomic E-state index is 0.296. The van der Waals surface area contributed by atoms with Crippen LogP contribution in [0.2, 0.25) is 0 Å². The molecular weight excluding hydrogens is 393 g/mol. The van der Waals surface area contributed by atoms with Crippen LogP contribution in [0.4, 0.5) is 24.5 Å². The predicted molar refractivity (Wildman–Crippen MR) is 91.7 cm³/mol. The van der Waals surface area contributed by atoms with Gasteiger partial charge in [0.2, 0.25) is 11.8 Å². The van der Waals surface area contributed by atoms with Gasteiger partial charge in [0, 0.05) is 11.6 Å². The van der Waals surface area contributed by atoms with Gasteiger partial charge in [0.15, 0.2) is 5.69 Å². The van der Waals surface area contributed by atoms with Gasteiger partial charge in [-0.05, 0) is 26.0 Å². The van der Waals surface area contributed by atoms with Crippen molar-refractivity contribution in [3.8, 4) is 0 Å². The quantitative estimate of drug-likeness (QED) is 0.574. The Balaban J connectivity index is 1.82. The van der Waals surface area contributed by atoms with Crippen molar-refractivity contribution in [1.82, 2.24) is 0 Å². The van der Waals surface area contributed by atoms with Crippen LogP contribution in [0.5, 0.6) is 0 Å². The van der Waals surface area contributed by atoms with Gasteiger partial charge in [-0.1, -0.05) is 6.07 Å². The Kier molecular flexibility index (Phi) is 3.95. The summed E-state index contributed by atoms with van der Waals surface area (Å²) >= 11 is 0. The molecule has 154 valence electrons. The summed E-state index contributed by atoms with van der Waals surface area (Å²) in [6, 6.07) is 2.64. The number of alkyl halides is 3. The lowest BCUT2D eigenvalue weighted by atomic mass is 9.62. The number of imide groups is 1. The largest absolute Gasteiger partial charge is 0.407 e. The van der Waals surface area contributed by atoms with E-state index in [2.05, 4.69) is 4.85 Å². The Morgan fingerprint density at radius 1 is 1.21 bits per heavy atom. The minimum Gasteiger partial charge on any atom is -0.396 e. The summed E-state index contributed by atoms with van der Waals surface area (Å²) in [5.74, 6) is -4.48. The lowest BCUT2D eigenvalue weighted by Gasteiger charge is -2.37. The van der Waals surface area contributed by atoms with Gasteiger partial charge < -0.3 is 14.9 Å². The number of aliphatic hydroxyl groups excluding tert-OH is 2. The van der Waals surface area contributed by atoms with Gasteiger partial charge in [0.05, 0.1) is 42.3 Å². The molecule has 2 amide bonds. The molecule has 0 spiro atoms. The standard InChI is InChI=1S/C19H17F3N2O5/c1-17-10(7-25)14(26)18(2,29-17)13-12(17)15(27)24(16(13)28)8-4-5-11(23-3)9(6-8)19(20,21)22/h4-6,10,12-14,25-26H,7H2,1-2H3/t10-,12+,13-,14-,17?,18?/m1/s1. The first-order chi connectivity index (χ1) is 13.4. The van der Waals surface area contributed by atoms with E-state index < -0.39 is 70.9 Å². The molecule has 1 aromatic carbocycles. The second-order valence-electron chi connectivity index (χ2n) is 7.98. The van der Waals surface area contributed by atoms with Crippen molar-refractivity contribution in [2.24, 2.45) is 17.8 Å².